The summed E-state index contributed by atoms with van der Waals surface area (Å²) < 4.78 is 0. The highest BCUT2D eigenvalue weighted by molar-refractivity contribution is 5.85. The Hall–Kier alpha value is -0.470. The molecule has 0 radical (unpaired) electrons. The van der Waals surface area contributed by atoms with Crippen molar-refractivity contribution in [1.82, 2.24) is 4.98 Å². The Labute approximate surface area is 84.8 Å². The van der Waals surface area contributed by atoms with Crippen molar-refractivity contribution in [2.75, 3.05) is 0 Å². The number of pyridine rings is 1. The van der Waals surface area contributed by atoms with Crippen LogP contribution in [-0.2, 0) is 6.42 Å². The summed E-state index contributed by atoms with van der Waals surface area (Å²) in [5.74, 6) is 0.299. The smallest absolute Gasteiger partial charge is 0.137 e. The third-order valence-electron chi connectivity index (χ3n) is 1.42. The van der Waals surface area contributed by atoms with Crippen molar-refractivity contribution in [2.24, 2.45) is 0 Å². The van der Waals surface area contributed by atoms with Gasteiger partial charge in [0.2, 0.25) is 0 Å². The number of hydrogen-bond acceptors (Lipinski definition) is 2. The second kappa shape index (κ2) is 6.09. The Balaban J connectivity index is 0. The van der Waals surface area contributed by atoms with Crippen LogP contribution in [0.4, 0.5) is 0 Å². The minimum atomic E-state index is 0. The molecule has 0 unspecified atom stereocenters. The summed E-state index contributed by atoms with van der Waals surface area (Å²) >= 11 is 0. The van der Waals surface area contributed by atoms with Gasteiger partial charge >= 0.3 is 0 Å². The van der Waals surface area contributed by atoms with Crippen molar-refractivity contribution < 1.29 is 5.11 Å². The minimum Gasteiger partial charge on any atom is -0.506 e. The summed E-state index contributed by atoms with van der Waals surface area (Å²) in [6, 6.07) is 3.48. The largest absolute Gasteiger partial charge is 0.506 e. The predicted octanol–water partition coefficient (Wildman–Crippen LogP) is 2.50. The van der Waals surface area contributed by atoms with E-state index in [4.69, 9.17) is 0 Å². The van der Waals surface area contributed by atoms with E-state index >= 15 is 0 Å². The number of nitrogens with zero attached hydrogens (tertiary/aromatic N) is 1. The number of rotatable bonds is 1. The zero-order valence-electron chi connectivity index (χ0n) is 7.07. The van der Waals surface area contributed by atoms with Crippen molar-refractivity contribution >= 4 is 24.8 Å². The van der Waals surface area contributed by atoms with E-state index in [9.17, 15) is 5.11 Å². The fourth-order valence-corrected chi connectivity index (χ4v) is 0.863. The molecule has 1 N–H and O–H groups in total. The molecule has 0 aliphatic heterocycles. The maximum atomic E-state index is 9.17. The molecule has 1 rings (SSSR count). The summed E-state index contributed by atoms with van der Waals surface area (Å²) in [6.07, 6.45) is 0.785. The molecule has 0 amide bonds. The molecule has 1 heterocycles. The molecule has 70 valence electrons. The molecule has 2 nitrogen and oxygen atoms in total. The fourth-order valence-electron chi connectivity index (χ4n) is 0.863. The molecule has 0 saturated heterocycles. The lowest BCUT2D eigenvalue weighted by Gasteiger charge is -1.99. The zero-order valence-corrected chi connectivity index (χ0v) is 8.71. The highest BCUT2D eigenvalue weighted by Gasteiger charge is 1.97. The van der Waals surface area contributed by atoms with Gasteiger partial charge < -0.3 is 5.11 Å². The molecule has 0 aliphatic carbocycles. The van der Waals surface area contributed by atoms with E-state index in [0.29, 0.717) is 5.75 Å². The number of halogens is 2. The lowest BCUT2D eigenvalue weighted by Crippen LogP contribution is -1.89. The van der Waals surface area contributed by atoms with E-state index in [1.54, 1.807) is 12.1 Å². The lowest BCUT2D eigenvalue weighted by molar-refractivity contribution is 0.464. The summed E-state index contributed by atoms with van der Waals surface area (Å²) in [4.78, 5) is 4.14. The molecule has 4 heteroatoms. The van der Waals surface area contributed by atoms with Crippen molar-refractivity contribution in [3.05, 3.63) is 23.5 Å². The molecule has 0 bridgehead atoms. The topological polar surface area (TPSA) is 33.1 Å². The summed E-state index contributed by atoms with van der Waals surface area (Å²) in [5.41, 5.74) is 1.73. The van der Waals surface area contributed by atoms with E-state index < -0.39 is 0 Å². The van der Waals surface area contributed by atoms with Crippen molar-refractivity contribution in [3.8, 4) is 5.75 Å². The average molecular weight is 210 g/mol. The molecular weight excluding hydrogens is 197 g/mol. The Kier molecular flexibility index (Phi) is 7.15. The number of aryl methyl sites for hydroxylation is 2. The first kappa shape index (κ1) is 14.1. The van der Waals surface area contributed by atoms with Gasteiger partial charge in [-0.3, -0.25) is 4.98 Å². The standard InChI is InChI=1S/C8H11NO.2ClH/c1-3-7-8(10)5-4-6(2)9-7;;/h4-5,10H,3H2,1-2H3;2*1H. The van der Waals surface area contributed by atoms with Crippen LogP contribution in [0.25, 0.3) is 0 Å². The van der Waals surface area contributed by atoms with Gasteiger partial charge in [-0.15, -0.1) is 24.8 Å². The van der Waals surface area contributed by atoms with Crippen molar-refractivity contribution in [3.63, 3.8) is 0 Å². The summed E-state index contributed by atoms with van der Waals surface area (Å²) in [5, 5.41) is 9.17. The normalized spacial score (nSPS) is 8.17. The fraction of sp³-hybridized carbons (Fsp3) is 0.375. The van der Waals surface area contributed by atoms with Crippen LogP contribution in [0.5, 0.6) is 5.75 Å². The molecular formula is C8H13Cl2NO. The highest BCUT2D eigenvalue weighted by Crippen LogP contribution is 2.14. The molecule has 12 heavy (non-hydrogen) atoms. The van der Waals surface area contributed by atoms with Crippen molar-refractivity contribution in [2.45, 2.75) is 20.3 Å². The van der Waals surface area contributed by atoms with Gasteiger partial charge in [-0.05, 0) is 25.5 Å². The number of aromatic nitrogens is 1. The SMILES string of the molecule is CCc1nc(C)ccc1O.Cl.Cl. The van der Waals surface area contributed by atoms with Crippen LogP contribution in [0.3, 0.4) is 0 Å². The minimum absolute atomic E-state index is 0. The molecule has 0 spiro atoms. The van der Waals surface area contributed by atoms with Gasteiger partial charge in [-0.2, -0.15) is 0 Å². The van der Waals surface area contributed by atoms with Gasteiger partial charge in [0.25, 0.3) is 0 Å². The van der Waals surface area contributed by atoms with Crippen molar-refractivity contribution in [1.29, 1.82) is 0 Å². The van der Waals surface area contributed by atoms with Gasteiger partial charge in [0.1, 0.15) is 5.75 Å². The molecule has 0 fully saturated rings. The maximum absolute atomic E-state index is 9.17. The zero-order chi connectivity index (χ0) is 7.56. The molecule has 0 atom stereocenters. The number of aromatic hydroxyl groups is 1. The Bertz CT molecular complexity index is 240. The Morgan fingerprint density at radius 2 is 1.92 bits per heavy atom. The Morgan fingerprint density at radius 1 is 1.33 bits per heavy atom. The molecule has 0 aromatic carbocycles. The molecule has 1 aromatic heterocycles. The van der Waals surface area contributed by atoms with E-state index in [-0.39, 0.29) is 24.8 Å². The van der Waals surface area contributed by atoms with E-state index in [0.717, 1.165) is 17.8 Å². The first-order chi connectivity index (χ1) is 4.74. The first-order valence-electron chi connectivity index (χ1n) is 3.39. The third kappa shape index (κ3) is 3.28. The predicted molar refractivity (Wildman–Crippen MR) is 54.5 cm³/mol. The lowest BCUT2D eigenvalue weighted by atomic mass is 10.2. The van der Waals surface area contributed by atoms with Gasteiger partial charge in [-0.25, -0.2) is 0 Å². The summed E-state index contributed by atoms with van der Waals surface area (Å²) in [6.45, 7) is 3.89. The summed E-state index contributed by atoms with van der Waals surface area (Å²) in [7, 11) is 0. The van der Waals surface area contributed by atoms with Crippen LogP contribution in [0.2, 0.25) is 0 Å². The molecule has 1 aromatic rings. The van der Waals surface area contributed by atoms with Gasteiger partial charge in [0.05, 0.1) is 5.69 Å². The van der Waals surface area contributed by atoms with Crippen LogP contribution in [0.1, 0.15) is 18.3 Å². The first-order valence-corrected chi connectivity index (χ1v) is 3.39. The van der Waals surface area contributed by atoms with E-state index in [1.807, 2.05) is 13.8 Å². The van der Waals surface area contributed by atoms with Crippen LogP contribution >= 0.6 is 24.8 Å². The van der Waals surface area contributed by atoms with E-state index in [2.05, 4.69) is 4.98 Å². The van der Waals surface area contributed by atoms with Crippen LogP contribution in [-0.4, -0.2) is 10.1 Å². The Morgan fingerprint density at radius 3 is 2.33 bits per heavy atom. The molecule has 0 aliphatic rings. The van der Waals surface area contributed by atoms with Crippen LogP contribution < -0.4 is 0 Å². The van der Waals surface area contributed by atoms with Gasteiger partial charge in [0, 0.05) is 5.69 Å². The molecule has 0 saturated carbocycles. The quantitative estimate of drug-likeness (QED) is 0.772. The van der Waals surface area contributed by atoms with Gasteiger partial charge in [-0.1, -0.05) is 6.92 Å². The van der Waals surface area contributed by atoms with Crippen LogP contribution in [0.15, 0.2) is 12.1 Å². The number of hydrogen-bond donors (Lipinski definition) is 1. The van der Waals surface area contributed by atoms with Crippen LogP contribution in [0, 0.1) is 6.92 Å². The third-order valence-corrected chi connectivity index (χ3v) is 1.42. The maximum Gasteiger partial charge on any atom is 0.137 e. The monoisotopic (exact) mass is 209 g/mol. The van der Waals surface area contributed by atoms with Gasteiger partial charge in [0.15, 0.2) is 0 Å². The highest BCUT2D eigenvalue weighted by atomic mass is 35.5. The second-order valence-electron chi connectivity index (χ2n) is 2.27. The average Bonchev–Trinajstić information content (AvgIpc) is 1.94. The van der Waals surface area contributed by atoms with E-state index in [1.165, 1.54) is 0 Å². The second-order valence-corrected chi connectivity index (χ2v) is 2.27.